The molecular formula is C18H32O8S2Sn. The summed E-state index contributed by atoms with van der Waals surface area (Å²) in [6.45, 7) is 4.55. The van der Waals surface area contributed by atoms with Crippen LogP contribution >= 0.6 is 25.3 Å². The summed E-state index contributed by atoms with van der Waals surface area (Å²) in [5.74, 6) is -2.66. The topological polar surface area (TPSA) is 105 Å². The fourth-order valence-electron chi connectivity index (χ4n) is 2.22. The summed E-state index contributed by atoms with van der Waals surface area (Å²) < 4.78 is 21.4. The van der Waals surface area contributed by atoms with Gasteiger partial charge in [-0.25, -0.2) is 0 Å². The summed E-state index contributed by atoms with van der Waals surface area (Å²) in [6, 6.07) is 0. The molecule has 0 aromatic rings. The second-order valence-corrected chi connectivity index (χ2v) is 16.2. The van der Waals surface area contributed by atoms with Crippen LogP contribution in [0.1, 0.15) is 52.4 Å². The molecule has 0 rings (SSSR count). The molecule has 0 fully saturated rings. The minimum atomic E-state index is -4.50. The Bertz CT molecular complexity index is 484. The second-order valence-electron chi connectivity index (χ2n) is 6.32. The molecule has 0 saturated carbocycles. The Morgan fingerprint density at radius 2 is 1.07 bits per heavy atom. The number of rotatable bonds is 16. The second kappa shape index (κ2) is 17.1. The van der Waals surface area contributed by atoms with Crippen molar-refractivity contribution in [1.29, 1.82) is 0 Å². The molecule has 0 aromatic carbocycles. The van der Waals surface area contributed by atoms with Gasteiger partial charge in [0.2, 0.25) is 0 Å². The van der Waals surface area contributed by atoms with E-state index in [-0.39, 0.29) is 33.2 Å². The number of ether oxygens (including phenoxy) is 2. The van der Waals surface area contributed by atoms with E-state index < -0.39 is 43.1 Å². The molecule has 0 heterocycles. The molecule has 0 bridgehead atoms. The van der Waals surface area contributed by atoms with E-state index in [0.717, 1.165) is 25.7 Å². The van der Waals surface area contributed by atoms with Gasteiger partial charge in [0.15, 0.2) is 0 Å². The van der Waals surface area contributed by atoms with Crippen molar-refractivity contribution in [2.24, 2.45) is 0 Å². The van der Waals surface area contributed by atoms with Gasteiger partial charge in [-0.2, -0.15) is 0 Å². The first-order valence-corrected chi connectivity index (χ1v) is 17.4. The van der Waals surface area contributed by atoms with E-state index >= 15 is 0 Å². The van der Waals surface area contributed by atoms with E-state index in [2.05, 4.69) is 25.3 Å². The maximum absolute atomic E-state index is 12.0. The molecule has 0 atom stereocenters. The van der Waals surface area contributed by atoms with Crippen LogP contribution in [0.15, 0.2) is 0 Å². The van der Waals surface area contributed by atoms with Crippen LogP contribution in [0.4, 0.5) is 0 Å². The third-order valence-corrected chi connectivity index (χ3v) is 13.5. The number of carbonyl (C=O) groups is 4. The monoisotopic (exact) mass is 560 g/mol. The number of unbranched alkanes of at least 4 members (excludes halogenated alkanes) is 2. The van der Waals surface area contributed by atoms with Gasteiger partial charge in [-0.1, -0.05) is 0 Å². The van der Waals surface area contributed by atoms with E-state index in [1.807, 2.05) is 13.8 Å². The van der Waals surface area contributed by atoms with Crippen LogP contribution in [0.25, 0.3) is 0 Å². The Labute approximate surface area is 188 Å². The first kappa shape index (κ1) is 28.4. The summed E-state index contributed by atoms with van der Waals surface area (Å²) in [5, 5.41) is 0. The summed E-state index contributed by atoms with van der Waals surface area (Å²) >= 11 is 3.29. The Morgan fingerprint density at radius 1 is 0.690 bits per heavy atom. The summed E-state index contributed by atoms with van der Waals surface area (Å²) in [4.78, 5) is 47.8. The van der Waals surface area contributed by atoms with E-state index in [1.165, 1.54) is 0 Å². The molecule has 0 aliphatic heterocycles. The molecule has 0 aliphatic carbocycles. The van der Waals surface area contributed by atoms with Gasteiger partial charge >= 0.3 is 189 Å². The van der Waals surface area contributed by atoms with Gasteiger partial charge < -0.3 is 0 Å². The average molecular weight is 559 g/mol. The van der Waals surface area contributed by atoms with Crippen molar-refractivity contribution in [3.63, 3.8) is 0 Å². The van der Waals surface area contributed by atoms with E-state index in [4.69, 9.17) is 15.6 Å². The molecule has 8 nitrogen and oxygen atoms in total. The fourth-order valence-corrected chi connectivity index (χ4v) is 11.2. The van der Waals surface area contributed by atoms with Crippen LogP contribution in [0.5, 0.6) is 0 Å². The normalized spacial score (nSPS) is 10.9. The van der Waals surface area contributed by atoms with Crippen LogP contribution in [-0.4, -0.2) is 67.8 Å². The van der Waals surface area contributed by atoms with Gasteiger partial charge in [0.05, 0.1) is 0 Å². The first-order chi connectivity index (χ1) is 13.8. The standard InChI is InChI=1S/2C7H13O2.2C2H4O2S.Sn/c2*1-3-5-6-9-7(8)4-2;2*3-2(4)1-5;/h2*2-6H2,1H3;2*5H,1H2,(H,3,4);/q;;;;+2/p-2. The van der Waals surface area contributed by atoms with Crippen LogP contribution in [0.2, 0.25) is 8.87 Å². The van der Waals surface area contributed by atoms with E-state index in [9.17, 15) is 19.2 Å². The molecule has 0 unspecified atom stereocenters. The van der Waals surface area contributed by atoms with Crippen molar-refractivity contribution >= 4 is 68.3 Å². The average Bonchev–Trinajstić information content (AvgIpc) is 2.71. The third-order valence-electron chi connectivity index (χ3n) is 3.80. The van der Waals surface area contributed by atoms with Crippen molar-refractivity contribution in [2.45, 2.75) is 61.2 Å². The number of carbonyl (C=O) groups excluding carboxylic acids is 4. The molecule has 168 valence electrons. The number of hydrogen-bond donors (Lipinski definition) is 2. The molecule has 0 aromatic heterocycles. The third kappa shape index (κ3) is 14.1. The maximum atomic E-state index is 12.0. The van der Waals surface area contributed by atoms with Crippen molar-refractivity contribution in [3.05, 3.63) is 0 Å². The number of thiol groups is 2. The van der Waals surface area contributed by atoms with Gasteiger partial charge in [-0.3, -0.25) is 0 Å². The Kier molecular flexibility index (Phi) is 16.7. The number of esters is 2. The molecule has 0 saturated heterocycles. The zero-order valence-electron chi connectivity index (χ0n) is 17.1. The van der Waals surface area contributed by atoms with Gasteiger partial charge in [-0.05, 0) is 0 Å². The van der Waals surface area contributed by atoms with Gasteiger partial charge in [-0.15, -0.1) is 0 Å². The van der Waals surface area contributed by atoms with E-state index in [0.29, 0.717) is 13.2 Å². The van der Waals surface area contributed by atoms with Crippen molar-refractivity contribution in [2.75, 3.05) is 24.7 Å². The predicted molar refractivity (Wildman–Crippen MR) is 116 cm³/mol. The minimum absolute atomic E-state index is 0.0565. The number of hydrogen-bond acceptors (Lipinski definition) is 10. The van der Waals surface area contributed by atoms with Crippen LogP contribution in [-0.2, 0) is 34.8 Å². The van der Waals surface area contributed by atoms with Crippen molar-refractivity contribution < 1.29 is 34.8 Å². The fraction of sp³-hybridized carbons (Fsp3) is 0.778. The quantitative estimate of drug-likeness (QED) is 0.129. The van der Waals surface area contributed by atoms with Crippen LogP contribution in [0.3, 0.4) is 0 Å². The summed E-state index contributed by atoms with van der Waals surface area (Å²) in [7, 11) is 0. The molecule has 0 aliphatic rings. The van der Waals surface area contributed by atoms with Gasteiger partial charge in [0, 0.05) is 0 Å². The molecule has 0 radical (unpaired) electrons. The summed E-state index contributed by atoms with van der Waals surface area (Å²) in [5.41, 5.74) is 0. The molecule has 0 amide bonds. The SMILES string of the molecule is CCCCOC(=O)C[CH2][Sn]([CH2]CC(=O)OCCCC)([O]C(=O)CS)[O]C(=O)CS. The first-order valence-electron chi connectivity index (χ1n) is 9.79. The van der Waals surface area contributed by atoms with Crippen LogP contribution < -0.4 is 0 Å². The molecular weight excluding hydrogens is 527 g/mol. The van der Waals surface area contributed by atoms with E-state index in [1.54, 1.807) is 0 Å². The Morgan fingerprint density at radius 3 is 1.38 bits per heavy atom. The van der Waals surface area contributed by atoms with Gasteiger partial charge in [0.1, 0.15) is 0 Å². The van der Waals surface area contributed by atoms with Crippen molar-refractivity contribution in [3.8, 4) is 0 Å². The zero-order chi connectivity index (χ0) is 22.1. The Hall–Kier alpha value is -0.621. The molecule has 11 heteroatoms. The Balaban J connectivity index is 5.18. The molecule has 0 spiro atoms. The molecule has 0 N–H and O–H groups in total. The van der Waals surface area contributed by atoms with Gasteiger partial charge in [0.25, 0.3) is 0 Å². The summed E-state index contributed by atoms with van der Waals surface area (Å²) in [6.07, 6.45) is 3.13. The predicted octanol–water partition coefficient (Wildman–Crippen LogP) is 2.84. The van der Waals surface area contributed by atoms with Crippen LogP contribution in [0, 0.1) is 0 Å². The zero-order valence-corrected chi connectivity index (χ0v) is 21.8. The molecule has 29 heavy (non-hydrogen) atoms. The van der Waals surface area contributed by atoms with Crippen molar-refractivity contribution in [1.82, 2.24) is 0 Å².